The number of hydrogen-bond acceptors (Lipinski definition) is 2. The molecular formula is C24H25N3O. The molecule has 2 heterocycles. The maximum absolute atomic E-state index is 12.9. The van der Waals surface area contributed by atoms with E-state index in [1.165, 1.54) is 0 Å². The highest BCUT2D eigenvalue weighted by Crippen LogP contribution is 2.33. The van der Waals surface area contributed by atoms with Crippen LogP contribution >= 0.6 is 0 Å². The Bertz CT molecular complexity index is 1140. The minimum atomic E-state index is -0.136. The van der Waals surface area contributed by atoms with E-state index in [0.29, 0.717) is 12.2 Å². The number of fused-ring (bicyclic) bond motifs is 3. The predicted octanol–water partition coefficient (Wildman–Crippen LogP) is 5.17. The van der Waals surface area contributed by atoms with Gasteiger partial charge in [0, 0.05) is 35.8 Å². The van der Waals surface area contributed by atoms with Gasteiger partial charge in [0.1, 0.15) is 5.69 Å². The van der Waals surface area contributed by atoms with Crippen molar-refractivity contribution in [2.24, 2.45) is 7.05 Å². The summed E-state index contributed by atoms with van der Waals surface area (Å²) in [6, 6.07) is 20.2. The van der Waals surface area contributed by atoms with Crippen LogP contribution in [0.4, 0.5) is 0 Å². The Morgan fingerprint density at radius 2 is 1.79 bits per heavy atom. The Morgan fingerprint density at radius 1 is 1.07 bits per heavy atom. The molecule has 0 fully saturated rings. The molecule has 1 unspecified atom stereocenters. The van der Waals surface area contributed by atoms with Crippen molar-refractivity contribution in [3.63, 3.8) is 0 Å². The fraction of sp³-hybridized carbons (Fsp3) is 0.250. The first kappa shape index (κ1) is 18.2. The number of hydrogen-bond donors (Lipinski definition) is 1. The van der Waals surface area contributed by atoms with Crippen molar-refractivity contribution in [1.29, 1.82) is 0 Å². The van der Waals surface area contributed by atoms with Gasteiger partial charge in [0.2, 0.25) is 0 Å². The van der Waals surface area contributed by atoms with Gasteiger partial charge >= 0.3 is 0 Å². The minimum absolute atomic E-state index is 0.136. The first-order valence-electron chi connectivity index (χ1n) is 9.80. The highest BCUT2D eigenvalue weighted by atomic mass is 16.1. The van der Waals surface area contributed by atoms with E-state index in [9.17, 15) is 4.79 Å². The quantitative estimate of drug-likeness (QED) is 0.526. The highest BCUT2D eigenvalue weighted by molar-refractivity contribution is 6.10. The second-order valence-electron chi connectivity index (χ2n) is 7.34. The summed E-state index contributed by atoms with van der Waals surface area (Å²) in [5.41, 5.74) is 4.82. The van der Waals surface area contributed by atoms with Crippen LogP contribution in [0.1, 0.15) is 47.9 Å². The van der Waals surface area contributed by atoms with Gasteiger partial charge in [-0.05, 0) is 24.1 Å². The van der Waals surface area contributed by atoms with Gasteiger partial charge in [-0.15, -0.1) is 0 Å². The number of aryl methyl sites for hydroxylation is 1. The third kappa shape index (κ3) is 3.15. The van der Waals surface area contributed by atoms with E-state index in [2.05, 4.69) is 42.9 Å². The number of benzene rings is 2. The van der Waals surface area contributed by atoms with Gasteiger partial charge in [-0.1, -0.05) is 62.4 Å². The third-order valence-corrected chi connectivity index (χ3v) is 5.52. The summed E-state index contributed by atoms with van der Waals surface area (Å²) in [6.07, 6.45) is 0.971. The van der Waals surface area contributed by atoms with E-state index in [1.54, 1.807) is 0 Å². The van der Waals surface area contributed by atoms with E-state index in [0.717, 1.165) is 39.5 Å². The van der Waals surface area contributed by atoms with Crippen molar-refractivity contribution in [3.05, 3.63) is 77.6 Å². The standard InChI is InChI=1S/C24H25N3O/c1-4-16(2)22-23-19(18-12-8-9-13-21(18)27(23)3)14-20(26-22)24(28)25-15-17-10-6-5-7-11-17/h5-14,16H,4,15H2,1-3H3,(H,25,28). The lowest BCUT2D eigenvalue weighted by Crippen LogP contribution is -2.24. The lowest BCUT2D eigenvalue weighted by molar-refractivity contribution is 0.0946. The van der Waals surface area contributed by atoms with Crippen molar-refractivity contribution < 1.29 is 4.79 Å². The number of nitrogens with one attached hydrogen (secondary N) is 1. The van der Waals surface area contributed by atoms with Crippen molar-refractivity contribution >= 4 is 27.7 Å². The van der Waals surface area contributed by atoms with Crippen molar-refractivity contribution in [2.75, 3.05) is 0 Å². The molecule has 1 atom stereocenters. The molecule has 4 rings (SSSR count). The van der Waals surface area contributed by atoms with E-state index < -0.39 is 0 Å². The summed E-state index contributed by atoms with van der Waals surface area (Å²) in [4.78, 5) is 17.7. The number of nitrogens with zero attached hydrogens (tertiary/aromatic N) is 2. The van der Waals surface area contributed by atoms with Gasteiger partial charge in [0.25, 0.3) is 5.91 Å². The van der Waals surface area contributed by atoms with Crippen LogP contribution in [0.3, 0.4) is 0 Å². The average molecular weight is 371 g/mol. The van der Waals surface area contributed by atoms with Gasteiger partial charge in [-0.3, -0.25) is 4.79 Å². The molecule has 0 aliphatic carbocycles. The molecule has 28 heavy (non-hydrogen) atoms. The van der Waals surface area contributed by atoms with Crippen LogP contribution in [0, 0.1) is 0 Å². The van der Waals surface area contributed by atoms with Gasteiger partial charge in [0.05, 0.1) is 11.2 Å². The summed E-state index contributed by atoms with van der Waals surface area (Å²) in [5.74, 6) is 0.135. The molecule has 4 aromatic rings. The van der Waals surface area contributed by atoms with Crippen LogP contribution < -0.4 is 5.32 Å². The monoisotopic (exact) mass is 371 g/mol. The largest absolute Gasteiger partial charge is 0.347 e. The number of para-hydroxylation sites is 1. The lowest BCUT2D eigenvalue weighted by atomic mass is 10.0. The summed E-state index contributed by atoms with van der Waals surface area (Å²) in [5, 5.41) is 5.26. The van der Waals surface area contributed by atoms with Gasteiger partial charge < -0.3 is 9.88 Å². The SMILES string of the molecule is CCC(C)c1nc(C(=O)NCc2ccccc2)cc2c3ccccc3n(C)c12. The molecular weight excluding hydrogens is 346 g/mol. The van der Waals surface area contributed by atoms with Crippen LogP contribution in [0.5, 0.6) is 0 Å². The molecule has 0 aliphatic rings. The molecule has 0 aliphatic heterocycles. The number of rotatable bonds is 5. The smallest absolute Gasteiger partial charge is 0.270 e. The molecule has 2 aromatic heterocycles. The zero-order valence-electron chi connectivity index (χ0n) is 16.6. The van der Waals surface area contributed by atoms with E-state index in [1.807, 2.05) is 48.5 Å². The molecule has 4 nitrogen and oxygen atoms in total. The minimum Gasteiger partial charge on any atom is -0.347 e. The Balaban J connectivity index is 1.80. The normalized spacial score (nSPS) is 12.4. The Kier molecular flexibility index (Phi) is 4.86. The summed E-state index contributed by atoms with van der Waals surface area (Å²) in [7, 11) is 2.08. The van der Waals surface area contributed by atoms with Crippen molar-refractivity contribution in [3.8, 4) is 0 Å². The number of amides is 1. The molecule has 0 saturated carbocycles. The van der Waals surface area contributed by atoms with E-state index >= 15 is 0 Å². The molecule has 4 heteroatoms. The Morgan fingerprint density at radius 3 is 2.54 bits per heavy atom. The molecule has 0 spiro atoms. The molecule has 1 N–H and O–H groups in total. The second-order valence-corrected chi connectivity index (χ2v) is 7.34. The Labute approximate surface area is 165 Å². The van der Waals surface area contributed by atoms with Crippen molar-refractivity contribution in [2.45, 2.75) is 32.7 Å². The predicted molar refractivity (Wildman–Crippen MR) is 115 cm³/mol. The lowest BCUT2D eigenvalue weighted by Gasteiger charge is -2.14. The first-order valence-corrected chi connectivity index (χ1v) is 9.80. The fourth-order valence-corrected chi connectivity index (χ4v) is 3.75. The number of pyridine rings is 1. The van der Waals surface area contributed by atoms with Crippen molar-refractivity contribution in [1.82, 2.24) is 14.9 Å². The summed E-state index contributed by atoms with van der Waals surface area (Å²) >= 11 is 0. The number of carbonyl (C=O) groups is 1. The van der Waals surface area contributed by atoms with Gasteiger partial charge in [0.15, 0.2) is 0 Å². The van der Waals surface area contributed by atoms with E-state index in [-0.39, 0.29) is 11.8 Å². The van der Waals surface area contributed by atoms with Gasteiger partial charge in [-0.2, -0.15) is 0 Å². The topological polar surface area (TPSA) is 46.9 Å². The van der Waals surface area contributed by atoms with Crippen LogP contribution in [-0.4, -0.2) is 15.5 Å². The second kappa shape index (κ2) is 7.47. The Hall–Kier alpha value is -3.14. The maximum atomic E-state index is 12.9. The van der Waals surface area contributed by atoms with Crippen LogP contribution in [-0.2, 0) is 13.6 Å². The molecule has 142 valence electrons. The third-order valence-electron chi connectivity index (χ3n) is 5.52. The number of carbonyl (C=O) groups excluding carboxylic acids is 1. The molecule has 0 radical (unpaired) electrons. The molecule has 0 bridgehead atoms. The van der Waals surface area contributed by atoms with E-state index in [4.69, 9.17) is 4.98 Å². The molecule has 1 amide bonds. The van der Waals surface area contributed by atoms with Crippen LogP contribution in [0.25, 0.3) is 21.8 Å². The van der Waals surface area contributed by atoms with Gasteiger partial charge in [-0.25, -0.2) is 4.98 Å². The molecule has 2 aromatic carbocycles. The van der Waals surface area contributed by atoms with Crippen LogP contribution in [0.2, 0.25) is 0 Å². The molecule has 0 saturated heterocycles. The summed E-state index contributed by atoms with van der Waals surface area (Å²) in [6.45, 7) is 4.82. The fourth-order valence-electron chi connectivity index (χ4n) is 3.75. The zero-order valence-corrected chi connectivity index (χ0v) is 16.6. The average Bonchev–Trinajstić information content (AvgIpc) is 3.04. The summed E-state index contributed by atoms with van der Waals surface area (Å²) < 4.78 is 2.20. The number of aromatic nitrogens is 2. The highest BCUT2D eigenvalue weighted by Gasteiger charge is 2.20. The zero-order chi connectivity index (χ0) is 19.7. The van der Waals surface area contributed by atoms with Crippen LogP contribution in [0.15, 0.2) is 60.7 Å². The first-order chi connectivity index (χ1) is 13.6. The maximum Gasteiger partial charge on any atom is 0.270 e.